The Bertz CT molecular complexity index is 526. The van der Waals surface area contributed by atoms with E-state index in [1.54, 1.807) is 12.1 Å². The normalized spacial score (nSPS) is 12.4. The summed E-state index contributed by atoms with van der Waals surface area (Å²) in [5.41, 5.74) is 9.01. The molecule has 0 aliphatic heterocycles. The molecule has 1 unspecified atom stereocenters. The molecule has 2 aromatic carbocycles. The lowest BCUT2D eigenvalue weighted by Crippen LogP contribution is -2.28. The van der Waals surface area contributed by atoms with Crippen LogP contribution in [0.4, 0.5) is 4.39 Å². The summed E-state index contributed by atoms with van der Waals surface area (Å²) in [6.07, 6.45) is 0. The zero-order valence-electron chi connectivity index (χ0n) is 11.1. The van der Waals surface area contributed by atoms with Crippen LogP contribution < -0.4 is 11.1 Å². The molecule has 0 aromatic heterocycles. The maximum atomic E-state index is 13.1. The molecule has 0 saturated carbocycles. The van der Waals surface area contributed by atoms with Gasteiger partial charge in [0.05, 0.1) is 0 Å². The van der Waals surface area contributed by atoms with Crippen molar-refractivity contribution in [2.45, 2.75) is 19.5 Å². The van der Waals surface area contributed by atoms with E-state index in [1.165, 1.54) is 11.6 Å². The van der Waals surface area contributed by atoms with Gasteiger partial charge in [-0.1, -0.05) is 36.4 Å². The fourth-order valence-electron chi connectivity index (χ4n) is 2.19. The molecule has 0 heterocycles. The van der Waals surface area contributed by atoms with E-state index in [4.69, 9.17) is 5.73 Å². The highest BCUT2D eigenvalue weighted by atomic mass is 19.1. The van der Waals surface area contributed by atoms with Gasteiger partial charge >= 0.3 is 0 Å². The van der Waals surface area contributed by atoms with Crippen LogP contribution in [0.15, 0.2) is 48.5 Å². The van der Waals surface area contributed by atoms with E-state index < -0.39 is 0 Å². The Balaban J connectivity index is 2.08. The number of nitrogens with two attached hydrogens (primary N) is 1. The molecule has 2 nitrogen and oxygen atoms in total. The number of halogens is 1. The van der Waals surface area contributed by atoms with Crippen molar-refractivity contribution in [2.24, 2.45) is 5.73 Å². The molecule has 0 aliphatic rings. The lowest BCUT2D eigenvalue weighted by molar-refractivity contribution is 0.537. The second-order valence-corrected chi connectivity index (χ2v) is 4.66. The molecule has 0 amide bonds. The quantitative estimate of drug-likeness (QED) is 0.865. The van der Waals surface area contributed by atoms with Crippen molar-refractivity contribution < 1.29 is 4.39 Å². The Morgan fingerprint density at radius 1 is 1.16 bits per heavy atom. The van der Waals surface area contributed by atoms with Crippen molar-refractivity contribution in [2.75, 3.05) is 6.54 Å². The van der Waals surface area contributed by atoms with E-state index in [-0.39, 0.29) is 11.9 Å². The molecule has 0 saturated heterocycles. The molecule has 3 N–H and O–H groups in total. The first-order chi connectivity index (χ1) is 9.20. The highest BCUT2D eigenvalue weighted by molar-refractivity contribution is 5.30. The SMILES string of the molecule is Cc1cc(F)ccc1C(CN)NCc1ccccc1. The van der Waals surface area contributed by atoms with Gasteiger partial charge in [0.2, 0.25) is 0 Å². The number of aryl methyl sites for hydroxylation is 1. The molecule has 19 heavy (non-hydrogen) atoms. The summed E-state index contributed by atoms with van der Waals surface area (Å²) in [6.45, 7) is 3.14. The maximum Gasteiger partial charge on any atom is 0.123 e. The monoisotopic (exact) mass is 258 g/mol. The predicted molar refractivity (Wildman–Crippen MR) is 76.2 cm³/mol. The van der Waals surface area contributed by atoms with Gasteiger partial charge in [0.15, 0.2) is 0 Å². The number of nitrogens with one attached hydrogen (secondary N) is 1. The molecule has 0 fully saturated rings. The van der Waals surface area contributed by atoms with Crippen LogP contribution in [0.25, 0.3) is 0 Å². The summed E-state index contributed by atoms with van der Waals surface area (Å²) in [7, 11) is 0. The Morgan fingerprint density at radius 2 is 1.89 bits per heavy atom. The van der Waals surface area contributed by atoms with E-state index >= 15 is 0 Å². The maximum absolute atomic E-state index is 13.1. The molecule has 0 aliphatic carbocycles. The molecule has 0 radical (unpaired) electrons. The number of rotatable bonds is 5. The van der Waals surface area contributed by atoms with Gasteiger partial charge in [-0.25, -0.2) is 4.39 Å². The third-order valence-electron chi connectivity index (χ3n) is 3.24. The second-order valence-electron chi connectivity index (χ2n) is 4.66. The fourth-order valence-corrected chi connectivity index (χ4v) is 2.19. The van der Waals surface area contributed by atoms with Crippen LogP contribution in [-0.2, 0) is 6.54 Å². The Morgan fingerprint density at radius 3 is 2.53 bits per heavy atom. The highest BCUT2D eigenvalue weighted by Gasteiger charge is 2.12. The Kier molecular flexibility index (Phi) is 4.66. The average molecular weight is 258 g/mol. The first-order valence-corrected chi connectivity index (χ1v) is 6.44. The molecule has 3 heteroatoms. The van der Waals surface area contributed by atoms with Gasteiger partial charge in [-0.05, 0) is 35.7 Å². The summed E-state index contributed by atoms with van der Waals surface area (Å²) in [5.74, 6) is -0.208. The summed E-state index contributed by atoms with van der Waals surface area (Å²) in [6, 6.07) is 15.0. The third kappa shape index (κ3) is 3.63. The van der Waals surface area contributed by atoms with Crippen molar-refractivity contribution in [3.05, 3.63) is 71.0 Å². The molecular formula is C16H19FN2. The van der Waals surface area contributed by atoms with Crippen molar-refractivity contribution in [3.8, 4) is 0 Å². The Labute approximate surface area is 113 Å². The molecule has 0 bridgehead atoms. The van der Waals surface area contributed by atoms with Gasteiger partial charge in [0.1, 0.15) is 5.82 Å². The van der Waals surface area contributed by atoms with Gasteiger partial charge < -0.3 is 11.1 Å². The summed E-state index contributed by atoms with van der Waals surface area (Å²) in [5, 5.41) is 3.41. The van der Waals surface area contributed by atoms with Crippen molar-refractivity contribution in [1.82, 2.24) is 5.32 Å². The van der Waals surface area contributed by atoms with Crippen LogP contribution in [0, 0.1) is 12.7 Å². The zero-order valence-corrected chi connectivity index (χ0v) is 11.1. The van der Waals surface area contributed by atoms with Crippen LogP contribution >= 0.6 is 0 Å². The summed E-state index contributed by atoms with van der Waals surface area (Å²) in [4.78, 5) is 0. The lowest BCUT2D eigenvalue weighted by Gasteiger charge is -2.19. The first kappa shape index (κ1) is 13.7. The van der Waals surface area contributed by atoms with Crippen molar-refractivity contribution >= 4 is 0 Å². The predicted octanol–water partition coefficient (Wildman–Crippen LogP) is 2.92. The van der Waals surface area contributed by atoms with Crippen LogP contribution in [0.5, 0.6) is 0 Å². The topological polar surface area (TPSA) is 38.0 Å². The van der Waals surface area contributed by atoms with Crippen LogP contribution in [0.1, 0.15) is 22.7 Å². The van der Waals surface area contributed by atoms with E-state index in [0.717, 1.165) is 17.7 Å². The largest absolute Gasteiger partial charge is 0.329 e. The molecule has 2 rings (SSSR count). The van der Waals surface area contributed by atoms with Crippen LogP contribution in [0.3, 0.4) is 0 Å². The minimum atomic E-state index is -0.208. The zero-order chi connectivity index (χ0) is 13.7. The molecular weight excluding hydrogens is 239 g/mol. The fraction of sp³-hybridized carbons (Fsp3) is 0.250. The average Bonchev–Trinajstić information content (AvgIpc) is 2.42. The highest BCUT2D eigenvalue weighted by Crippen LogP contribution is 2.18. The van der Waals surface area contributed by atoms with Crippen molar-refractivity contribution in [1.29, 1.82) is 0 Å². The van der Waals surface area contributed by atoms with Crippen molar-refractivity contribution in [3.63, 3.8) is 0 Å². The smallest absolute Gasteiger partial charge is 0.123 e. The van der Waals surface area contributed by atoms with Gasteiger partial charge in [0, 0.05) is 19.1 Å². The van der Waals surface area contributed by atoms with Crippen LogP contribution in [-0.4, -0.2) is 6.54 Å². The van der Waals surface area contributed by atoms with Gasteiger partial charge in [-0.3, -0.25) is 0 Å². The van der Waals surface area contributed by atoms with E-state index in [2.05, 4.69) is 17.4 Å². The summed E-state index contributed by atoms with van der Waals surface area (Å²) < 4.78 is 13.1. The minimum Gasteiger partial charge on any atom is -0.329 e. The minimum absolute atomic E-state index is 0.0424. The lowest BCUT2D eigenvalue weighted by atomic mass is 10.0. The van der Waals surface area contributed by atoms with Gasteiger partial charge in [-0.15, -0.1) is 0 Å². The number of hydrogen-bond donors (Lipinski definition) is 2. The third-order valence-corrected chi connectivity index (χ3v) is 3.24. The molecule has 0 spiro atoms. The molecule has 100 valence electrons. The second kappa shape index (κ2) is 6.45. The molecule has 1 atom stereocenters. The Hall–Kier alpha value is -1.71. The molecule has 2 aromatic rings. The van der Waals surface area contributed by atoms with E-state index in [9.17, 15) is 4.39 Å². The standard InChI is InChI=1S/C16H19FN2/c1-12-9-14(17)7-8-15(12)16(10-18)19-11-13-5-3-2-4-6-13/h2-9,16,19H,10-11,18H2,1H3. The number of hydrogen-bond acceptors (Lipinski definition) is 2. The first-order valence-electron chi connectivity index (χ1n) is 6.44. The van der Waals surface area contributed by atoms with Gasteiger partial charge in [0.25, 0.3) is 0 Å². The van der Waals surface area contributed by atoms with Gasteiger partial charge in [-0.2, -0.15) is 0 Å². The number of benzene rings is 2. The van der Waals surface area contributed by atoms with E-state index in [0.29, 0.717) is 6.54 Å². The summed E-state index contributed by atoms with van der Waals surface area (Å²) >= 11 is 0. The van der Waals surface area contributed by atoms with E-state index in [1.807, 2.05) is 25.1 Å². The van der Waals surface area contributed by atoms with Crippen LogP contribution in [0.2, 0.25) is 0 Å².